The lowest BCUT2D eigenvalue weighted by atomic mass is 10.1. The number of anilines is 1. The van der Waals surface area contributed by atoms with Gasteiger partial charge in [0, 0.05) is 16.7 Å². The lowest BCUT2D eigenvalue weighted by molar-refractivity contribution is 0.977. The molecule has 1 aromatic rings. The highest BCUT2D eigenvalue weighted by molar-refractivity contribution is 14.1. The van der Waals surface area contributed by atoms with E-state index < -0.39 is 0 Å². The fraction of sp³-hybridized carbons (Fsp3) is 0.400. The molecule has 0 unspecified atom stereocenters. The van der Waals surface area contributed by atoms with Crippen LogP contribution in [0, 0.1) is 0 Å². The molecule has 0 aliphatic rings. The maximum Gasteiger partial charge on any atom is 0.0337 e. The summed E-state index contributed by atoms with van der Waals surface area (Å²) in [4.78, 5) is 0. The molecule has 1 atom stereocenters. The van der Waals surface area contributed by atoms with Crippen molar-refractivity contribution >= 4 is 28.3 Å². The zero-order chi connectivity index (χ0) is 8.97. The van der Waals surface area contributed by atoms with E-state index in [0.29, 0.717) is 3.92 Å². The highest BCUT2D eigenvalue weighted by Crippen LogP contribution is 2.13. The van der Waals surface area contributed by atoms with Crippen molar-refractivity contribution in [3.63, 3.8) is 0 Å². The largest absolute Gasteiger partial charge is 0.388 e. The monoisotopic (exact) mass is 275 g/mol. The Kier molecular flexibility index (Phi) is 3.85. The quantitative estimate of drug-likeness (QED) is 0.660. The van der Waals surface area contributed by atoms with E-state index in [1.165, 1.54) is 11.3 Å². The lowest BCUT2D eigenvalue weighted by Crippen LogP contribution is -1.96. The first-order valence-electron chi connectivity index (χ1n) is 4.13. The number of benzene rings is 1. The number of hydrogen-bond donors (Lipinski definition) is 1. The van der Waals surface area contributed by atoms with Crippen molar-refractivity contribution in [2.45, 2.75) is 17.3 Å². The molecule has 0 aliphatic heterocycles. The number of rotatable bonds is 3. The summed E-state index contributed by atoms with van der Waals surface area (Å²) in [5.74, 6) is 0. The molecule has 0 bridgehead atoms. The summed E-state index contributed by atoms with van der Waals surface area (Å²) in [5.41, 5.74) is 2.59. The molecule has 0 fully saturated rings. The van der Waals surface area contributed by atoms with Crippen LogP contribution in [0.15, 0.2) is 24.3 Å². The Morgan fingerprint density at radius 3 is 2.33 bits per heavy atom. The number of alkyl halides is 1. The first-order valence-corrected chi connectivity index (χ1v) is 5.37. The third-order valence-corrected chi connectivity index (χ3v) is 2.20. The Balaban J connectivity index is 2.65. The first kappa shape index (κ1) is 9.84. The van der Waals surface area contributed by atoms with E-state index >= 15 is 0 Å². The molecule has 0 heterocycles. The molecular formula is C10H14IN. The van der Waals surface area contributed by atoms with E-state index in [0.717, 1.165) is 6.42 Å². The second-order valence-electron chi connectivity index (χ2n) is 2.93. The van der Waals surface area contributed by atoms with Crippen LogP contribution in [0.4, 0.5) is 5.69 Å². The molecule has 0 radical (unpaired) electrons. The summed E-state index contributed by atoms with van der Waals surface area (Å²) >= 11 is 2.45. The first-order chi connectivity index (χ1) is 5.72. The molecule has 2 heteroatoms. The van der Waals surface area contributed by atoms with E-state index in [-0.39, 0.29) is 0 Å². The Bertz CT molecular complexity index is 228. The van der Waals surface area contributed by atoms with Gasteiger partial charge in [0.15, 0.2) is 0 Å². The molecule has 0 aliphatic carbocycles. The smallest absolute Gasteiger partial charge is 0.0337 e. The summed E-state index contributed by atoms with van der Waals surface area (Å²) in [6.45, 7) is 2.23. The van der Waals surface area contributed by atoms with E-state index in [1.807, 2.05) is 7.05 Å². The third-order valence-electron chi connectivity index (χ3n) is 1.76. The fourth-order valence-corrected chi connectivity index (χ4v) is 1.64. The Morgan fingerprint density at radius 2 is 1.92 bits per heavy atom. The van der Waals surface area contributed by atoms with Gasteiger partial charge in [-0.05, 0) is 24.1 Å². The Hall–Kier alpha value is -0.250. The van der Waals surface area contributed by atoms with Crippen LogP contribution in [0.25, 0.3) is 0 Å². The third kappa shape index (κ3) is 3.01. The SMILES string of the molecule is CNc1ccc(C[C@H](C)I)cc1. The van der Waals surface area contributed by atoms with E-state index in [9.17, 15) is 0 Å². The normalized spacial score (nSPS) is 12.6. The molecule has 12 heavy (non-hydrogen) atoms. The maximum atomic E-state index is 3.11. The number of hydrogen-bond acceptors (Lipinski definition) is 1. The molecule has 0 amide bonds. The van der Waals surface area contributed by atoms with Gasteiger partial charge in [0.25, 0.3) is 0 Å². The van der Waals surface area contributed by atoms with Crippen molar-refractivity contribution in [2.75, 3.05) is 12.4 Å². The zero-order valence-electron chi connectivity index (χ0n) is 7.47. The second kappa shape index (κ2) is 4.70. The summed E-state index contributed by atoms with van der Waals surface area (Å²) in [6, 6.07) is 8.60. The predicted octanol–water partition coefficient (Wildman–Crippen LogP) is 3.09. The minimum Gasteiger partial charge on any atom is -0.388 e. The average Bonchev–Trinajstić information content (AvgIpc) is 2.05. The van der Waals surface area contributed by atoms with Crippen LogP contribution >= 0.6 is 22.6 Å². The van der Waals surface area contributed by atoms with Gasteiger partial charge < -0.3 is 5.32 Å². The topological polar surface area (TPSA) is 12.0 Å². The van der Waals surface area contributed by atoms with Gasteiger partial charge in [0.1, 0.15) is 0 Å². The number of nitrogens with one attached hydrogen (secondary N) is 1. The van der Waals surface area contributed by atoms with Gasteiger partial charge in [-0.2, -0.15) is 0 Å². The molecule has 66 valence electrons. The molecule has 0 saturated carbocycles. The lowest BCUT2D eigenvalue weighted by Gasteiger charge is -2.04. The van der Waals surface area contributed by atoms with Crippen LogP contribution in [0.3, 0.4) is 0 Å². The molecule has 0 aromatic heterocycles. The van der Waals surface area contributed by atoms with Gasteiger partial charge in [-0.3, -0.25) is 0 Å². The van der Waals surface area contributed by atoms with Gasteiger partial charge >= 0.3 is 0 Å². The van der Waals surface area contributed by atoms with Gasteiger partial charge in [-0.1, -0.05) is 41.6 Å². The van der Waals surface area contributed by atoms with Crippen LogP contribution in [0.2, 0.25) is 0 Å². The van der Waals surface area contributed by atoms with Crippen molar-refractivity contribution in [3.05, 3.63) is 29.8 Å². The van der Waals surface area contributed by atoms with E-state index in [2.05, 4.69) is 59.1 Å². The van der Waals surface area contributed by atoms with Crippen LogP contribution in [0.1, 0.15) is 12.5 Å². The van der Waals surface area contributed by atoms with E-state index in [1.54, 1.807) is 0 Å². The van der Waals surface area contributed by atoms with Crippen LogP contribution in [-0.2, 0) is 6.42 Å². The van der Waals surface area contributed by atoms with Gasteiger partial charge in [0.2, 0.25) is 0 Å². The van der Waals surface area contributed by atoms with Crippen LogP contribution in [-0.4, -0.2) is 11.0 Å². The predicted molar refractivity (Wildman–Crippen MR) is 63.2 cm³/mol. The fourth-order valence-electron chi connectivity index (χ4n) is 1.13. The average molecular weight is 275 g/mol. The highest BCUT2D eigenvalue weighted by Gasteiger charge is 1.97. The summed E-state index contributed by atoms with van der Waals surface area (Å²) in [6.07, 6.45) is 1.16. The van der Waals surface area contributed by atoms with Crippen LogP contribution in [0.5, 0.6) is 0 Å². The van der Waals surface area contributed by atoms with Gasteiger partial charge in [-0.15, -0.1) is 0 Å². The summed E-state index contributed by atoms with van der Waals surface area (Å²) < 4.78 is 0.711. The van der Waals surface area contributed by atoms with Crippen molar-refractivity contribution in [1.29, 1.82) is 0 Å². The molecule has 1 aromatic carbocycles. The Labute approximate surface area is 87.7 Å². The zero-order valence-corrected chi connectivity index (χ0v) is 9.63. The van der Waals surface area contributed by atoms with Crippen molar-refractivity contribution in [3.8, 4) is 0 Å². The molecule has 1 rings (SSSR count). The minimum atomic E-state index is 0.711. The van der Waals surface area contributed by atoms with E-state index in [4.69, 9.17) is 0 Å². The minimum absolute atomic E-state index is 0.711. The molecule has 1 N–H and O–H groups in total. The van der Waals surface area contributed by atoms with Gasteiger partial charge in [0.05, 0.1) is 0 Å². The molecule has 1 nitrogen and oxygen atoms in total. The maximum absolute atomic E-state index is 3.11. The number of halogens is 1. The molecular weight excluding hydrogens is 261 g/mol. The standard InChI is InChI=1S/C10H14IN/c1-8(11)7-9-3-5-10(12-2)6-4-9/h3-6,8,12H,7H2,1-2H3/t8-/m0/s1. The Morgan fingerprint density at radius 1 is 1.33 bits per heavy atom. The molecule has 0 saturated heterocycles. The van der Waals surface area contributed by atoms with Crippen molar-refractivity contribution < 1.29 is 0 Å². The second-order valence-corrected chi connectivity index (χ2v) is 5.06. The van der Waals surface area contributed by atoms with Crippen molar-refractivity contribution in [2.24, 2.45) is 0 Å². The summed E-state index contributed by atoms with van der Waals surface area (Å²) in [7, 11) is 1.94. The summed E-state index contributed by atoms with van der Waals surface area (Å²) in [5, 5.41) is 3.11. The van der Waals surface area contributed by atoms with Crippen LogP contribution < -0.4 is 5.32 Å². The van der Waals surface area contributed by atoms with Gasteiger partial charge in [-0.25, -0.2) is 0 Å². The highest BCUT2D eigenvalue weighted by atomic mass is 127. The molecule has 0 spiro atoms. The van der Waals surface area contributed by atoms with Crippen molar-refractivity contribution in [1.82, 2.24) is 0 Å².